The molecule has 0 spiro atoms. The van der Waals surface area contributed by atoms with E-state index < -0.39 is 0 Å². The Balaban J connectivity index is 2.05. The number of nitriles is 1. The molecule has 0 unspecified atom stereocenters. The van der Waals surface area contributed by atoms with Gasteiger partial charge in [0, 0.05) is 16.8 Å². The molecule has 1 fully saturated rings. The summed E-state index contributed by atoms with van der Waals surface area (Å²) in [5.74, 6) is 0.755. The van der Waals surface area contributed by atoms with E-state index in [2.05, 4.69) is 26.9 Å². The third-order valence-corrected chi connectivity index (χ3v) is 5.46. The summed E-state index contributed by atoms with van der Waals surface area (Å²) in [6, 6.07) is 10.2. The summed E-state index contributed by atoms with van der Waals surface area (Å²) in [5.41, 5.74) is 1.73. The Morgan fingerprint density at radius 3 is 3.00 bits per heavy atom. The van der Waals surface area contributed by atoms with Crippen molar-refractivity contribution in [1.82, 2.24) is 9.80 Å². The topological polar surface area (TPSA) is 47.3 Å². The molecule has 4 nitrogen and oxygen atoms in total. The fourth-order valence-corrected chi connectivity index (χ4v) is 4.18. The fraction of sp³-hybridized carbons (Fsp3) is 0.333. The Labute approximate surface area is 136 Å². The number of carbonyl (C=O) groups excluding carboxylic acids is 1. The molecule has 1 aromatic carbocycles. The third-order valence-electron chi connectivity index (χ3n) is 3.68. The summed E-state index contributed by atoms with van der Waals surface area (Å²) in [6.07, 6.45) is 0.358. The Morgan fingerprint density at radius 1 is 1.48 bits per heavy atom. The minimum absolute atomic E-state index is 0.0908. The number of nitrogens with zero attached hydrogens (tertiary/aromatic N) is 3. The largest absolute Gasteiger partial charge is 0.292 e. The van der Waals surface area contributed by atoms with Gasteiger partial charge in [-0.3, -0.25) is 14.6 Å². The number of benzene rings is 1. The molecule has 0 bridgehead atoms. The van der Waals surface area contributed by atoms with Gasteiger partial charge < -0.3 is 0 Å². The first-order chi connectivity index (χ1) is 10.1. The molecule has 108 valence electrons. The van der Waals surface area contributed by atoms with E-state index in [9.17, 15) is 10.1 Å². The maximum Gasteiger partial charge on any atom is 0.229 e. The molecule has 3 rings (SSSR count). The van der Waals surface area contributed by atoms with E-state index in [4.69, 9.17) is 0 Å². The predicted octanol–water partition coefficient (Wildman–Crippen LogP) is 3.09. The number of thioether (sulfide) groups is 1. The average Bonchev–Trinajstić information content (AvgIpc) is 2.47. The number of hydrogen-bond donors (Lipinski definition) is 0. The zero-order valence-electron chi connectivity index (χ0n) is 11.5. The van der Waals surface area contributed by atoms with Crippen LogP contribution in [0, 0.1) is 11.3 Å². The normalized spacial score (nSPS) is 23.0. The summed E-state index contributed by atoms with van der Waals surface area (Å²) < 4.78 is 0.966. The van der Waals surface area contributed by atoms with E-state index in [0.29, 0.717) is 18.7 Å². The highest BCUT2D eigenvalue weighted by Gasteiger charge is 2.37. The molecule has 0 saturated carbocycles. The van der Waals surface area contributed by atoms with Crippen molar-refractivity contribution < 1.29 is 4.79 Å². The van der Waals surface area contributed by atoms with Crippen LogP contribution in [0.5, 0.6) is 0 Å². The number of carbonyl (C=O) groups is 1. The van der Waals surface area contributed by atoms with E-state index in [1.807, 2.05) is 31.3 Å². The highest BCUT2D eigenvalue weighted by atomic mass is 79.9. The van der Waals surface area contributed by atoms with Gasteiger partial charge in [0.25, 0.3) is 0 Å². The highest BCUT2D eigenvalue weighted by molar-refractivity contribution is 9.10. The van der Waals surface area contributed by atoms with Gasteiger partial charge in [-0.15, -0.1) is 0 Å². The third kappa shape index (κ3) is 2.73. The van der Waals surface area contributed by atoms with Crippen LogP contribution >= 0.6 is 27.7 Å². The van der Waals surface area contributed by atoms with Gasteiger partial charge in [-0.1, -0.05) is 39.8 Å². The van der Waals surface area contributed by atoms with Gasteiger partial charge in [0.05, 0.1) is 29.2 Å². The number of amides is 1. The quantitative estimate of drug-likeness (QED) is 0.768. The number of hydrogen-bond acceptors (Lipinski definition) is 4. The molecular weight excluding hydrogens is 350 g/mol. The molecule has 0 aliphatic carbocycles. The molecule has 0 radical (unpaired) electrons. The predicted molar refractivity (Wildman–Crippen MR) is 86.1 cm³/mol. The number of allylic oxidation sites excluding steroid dienone is 1. The van der Waals surface area contributed by atoms with E-state index >= 15 is 0 Å². The van der Waals surface area contributed by atoms with Crippen molar-refractivity contribution >= 4 is 33.6 Å². The molecule has 2 aliphatic heterocycles. The van der Waals surface area contributed by atoms with Gasteiger partial charge in [0.1, 0.15) is 0 Å². The minimum Gasteiger partial charge on any atom is -0.292 e. The van der Waals surface area contributed by atoms with Crippen LogP contribution in [-0.2, 0) is 4.79 Å². The molecule has 2 heterocycles. The standard InChI is InChI=1S/C15H14BrN3OS/c1-18-8-19-14(20)6-12(10-3-2-4-11(16)5-10)13(7-17)15(19)21-9-18/h2-5,12H,6,8-9H2,1H3/t12-/m0/s1. The van der Waals surface area contributed by atoms with Crippen LogP contribution in [0.15, 0.2) is 39.3 Å². The van der Waals surface area contributed by atoms with Crippen LogP contribution in [0.1, 0.15) is 17.9 Å². The highest BCUT2D eigenvalue weighted by Crippen LogP contribution is 2.42. The van der Waals surface area contributed by atoms with Crippen LogP contribution in [0.25, 0.3) is 0 Å². The first-order valence-corrected chi connectivity index (χ1v) is 8.39. The zero-order valence-corrected chi connectivity index (χ0v) is 13.9. The zero-order chi connectivity index (χ0) is 15.0. The van der Waals surface area contributed by atoms with Crippen LogP contribution < -0.4 is 0 Å². The molecular formula is C15H14BrN3OS. The van der Waals surface area contributed by atoms with E-state index in [1.54, 1.807) is 16.7 Å². The summed E-state index contributed by atoms with van der Waals surface area (Å²) in [7, 11) is 1.98. The minimum atomic E-state index is -0.137. The van der Waals surface area contributed by atoms with Crippen molar-refractivity contribution in [2.45, 2.75) is 12.3 Å². The lowest BCUT2D eigenvalue weighted by Crippen LogP contribution is -2.45. The lowest BCUT2D eigenvalue weighted by atomic mass is 9.86. The first-order valence-electron chi connectivity index (χ1n) is 6.61. The second kappa shape index (κ2) is 5.84. The summed E-state index contributed by atoms with van der Waals surface area (Å²) in [5, 5.41) is 10.4. The van der Waals surface area contributed by atoms with Crippen LogP contribution in [0.3, 0.4) is 0 Å². The molecule has 6 heteroatoms. The van der Waals surface area contributed by atoms with E-state index in [1.165, 1.54) is 0 Å². The lowest BCUT2D eigenvalue weighted by Gasteiger charge is -2.40. The number of fused-ring (bicyclic) bond motifs is 1. The van der Waals surface area contributed by atoms with Gasteiger partial charge in [-0.25, -0.2) is 0 Å². The number of halogens is 1. The van der Waals surface area contributed by atoms with Gasteiger partial charge in [0.15, 0.2) is 0 Å². The van der Waals surface area contributed by atoms with Crippen LogP contribution in [0.4, 0.5) is 0 Å². The van der Waals surface area contributed by atoms with Crippen LogP contribution in [0.2, 0.25) is 0 Å². The molecule has 21 heavy (non-hydrogen) atoms. The average molecular weight is 364 g/mol. The Hall–Kier alpha value is -1.29. The molecule has 1 atom stereocenters. The molecule has 1 amide bonds. The maximum absolute atomic E-state index is 12.4. The van der Waals surface area contributed by atoms with Gasteiger partial charge >= 0.3 is 0 Å². The fourth-order valence-electron chi connectivity index (χ4n) is 2.68. The second-order valence-electron chi connectivity index (χ2n) is 5.24. The van der Waals surface area contributed by atoms with E-state index in [-0.39, 0.29) is 11.8 Å². The van der Waals surface area contributed by atoms with Crippen LogP contribution in [-0.4, -0.2) is 35.3 Å². The lowest BCUT2D eigenvalue weighted by molar-refractivity contribution is -0.131. The van der Waals surface area contributed by atoms with Crippen molar-refractivity contribution in [3.63, 3.8) is 0 Å². The molecule has 1 aromatic rings. The SMILES string of the molecule is CN1CSC2=C(C#N)[C@H](c3cccc(Br)c3)CC(=O)N2C1. The Bertz CT molecular complexity index is 667. The second-order valence-corrected chi connectivity index (χ2v) is 7.08. The maximum atomic E-state index is 12.4. The van der Waals surface area contributed by atoms with Crippen molar-refractivity contribution in [3.05, 3.63) is 44.9 Å². The molecule has 0 aromatic heterocycles. The summed E-state index contributed by atoms with van der Waals surface area (Å²) in [4.78, 5) is 16.2. The summed E-state index contributed by atoms with van der Waals surface area (Å²) in [6.45, 7) is 0.567. The monoisotopic (exact) mass is 363 g/mol. The molecule has 2 aliphatic rings. The number of rotatable bonds is 1. The van der Waals surface area contributed by atoms with E-state index in [0.717, 1.165) is 20.9 Å². The van der Waals surface area contributed by atoms with Crippen molar-refractivity contribution in [2.75, 3.05) is 19.6 Å². The van der Waals surface area contributed by atoms with Gasteiger partial charge in [0.2, 0.25) is 5.91 Å². The Kier molecular flexibility index (Phi) is 4.07. The Morgan fingerprint density at radius 2 is 2.29 bits per heavy atom. The van der Waals surface area contributed by atoms with Crippen molar-refractivity contribution in [2.24, 2.45) is 0 Å². The smallest absolute Gasteiger partial charge is 0.229 e. The summed E-state index contributed by atoms with van der Waals surface area (Å²) >= 11 is 5.03. The first kappa shape index (κ1) is 14.6. The van der Waals surface area contributed by atoms with Gasteiger partial charge in [-0.2, -0.15) is 5.26 Å². The van der Waals surface area contributed by atoms with Crippen molar-refractivity contribution in [3.8, 4) is 6.07 Å². The van der Waals surface area contributed by atoms with Gasteiger partial charge in [-0.05, 0) is 24.7 Å². The molecule has 0 N–H and O–H groups in total. The molecule has 1 saturated heterocycles. The van der Waals surface area contributed by atoms with Crippen molar-refractivity contribution in [1.29, 1.82) is 5.26 Å².